The smallest absolute Gasteiger partial charge is 0.170 e. The largest absolute Gasteiger partial charge is 0.383 e. The highest BCUT2D eigenvalue weighted by Crippen LogP contribution is 2.39. The molecule has 4 rings (SSSR count). The highest BCUT2D eigenvalue weighted by molar-refractivity contribution is 7.80. The lowest BCUT2D eigenvalue weighted by Crippen LogP contribution is -2.33. The fourth-order valence-corrected chi connectivity index (χ4v) is 4.23. The fraction of sp³-hybridized carbons (Fsp3) is 0.304. The Balaban J connectivity index is 1.79. The van der Waals surface area contributed by atoms with Gasteiger partial charge in [0.1, 0.15) is 0 Å². The number of nitrogens with zero attached hydrogens (tertiary/aromatic N) is 3. The van der Waals surface area contributed by atoms with Gasteiger partial charge in [0.2, 0.25) is 0 Å². The van der Waals surface area contributed by atoms with Crippen LogP contribution in [0.5, 0.6) is 0 Å². The molecule has 1 aromatic carbocycles. The Kier molecular flexibility index (Phi) is 5.65. The Morgan fingerprint density at radius 3 is 2.69 bits per heavy atom. The van der Waals surface area contributed by atoms with Crippen molar-refractivity contribution in [1.82, 2.24) is 19.8 Å². The summed E-state index contributed by atoms with van der Waals surface area (Å²) in [6.07, 6.45) is 3.95. The molecule has 0 amide bonds. The van der Waals surface area contributed by atoms with E-state index >= 15 is 0 Å². The Morgan fingerprint density at radius 2 is 1.97 bits per heavy atom. The van der Waals surface area contributed by atoms with E-state index in [1.165, 1.54) is 16.8 Å². The van der Waals surface area contributed by atoms with Crippen molar-refractivity contribution >= 4 is 17.3 Å². The first-order valence-electron chi connectivity index (χ1n) is 9.82. The molecular formula is C23H26N4OS. The molecule has 2 atom stereocenters. The molecule has 0 saturated carbocycles. The van der Waals surface area contributed by atoms with Gasteiger partial charge in [0.15, 0.2) is 5.11 Å². The van der Waals surface area contributed by atoms with Crippen molar-refractivity contribution in [2.24, 2.45) is 0 Å². The summed E-state index contributed by atoms with van der Waals surface area (Å²) in [5.74, 6) is 0. The van der Waals surface area contributed by atoms with Crippen LogP contribution >= 0.6 is 12.2 Å². The van der Waals surface area contributed by atoms with Gasteiger partial charge in [0.25, 0.3) is 0 Å². The second kappa shape index (κ2) is 8.35. The molecule has 3 heterocycles. The number of aromatic nitrogens is 2. The monoisotopic (exact) mass is 406 g/mol. The predicted molar refractivity (Wildman–Crippen MR) is 119 cm³/mol. The Labute approximate surface area is 177 Å². The van der Waals surface area contributed by atoms with Crippen LogP contribution in [0.4, 0.5) is 0 Å². The summed E-state index contributed by atoms with van der Waals surface area (Å²) in [6, 6.07) is 16.8. The van der Waals surface area contributed by atoms with Crippen molar-refractivity contribution in [3.63, 3.8) is 0 Å². The molecule has 1 N–H and O–H groups in total. The molecule has 1 fully saturated rings. The van der Waals surface area contributed by atoms with Crippen LogP contribution in [-0.2, 0) is 4.74 Å². The molecule has 0 aliphatic carbocycles. The van der Waals surface area contributed by atoms with Gasteiger partial charge in [-0.2, -0.15) is 0 Å². The van der Waals surface area contributed by atoms with E-state index in [0.29, 0.717) is 13.2 Å². The second-order valence-corrected chi connectivity index (χ2v) is 7.77. The first kappa shape index (κ1) is 19.6. The van der Waals surface area contributed by atoms with Gasteiger partial charge in [0, 0.05) is 37.4 Å². The zero-order valence-corrected chi connectivity index (χ0v) is 17.8. The van der Waals surface area contributed by atoms with E-state index in [1.807, 2.05) is 18.3 Å². The minimum absolute atomic E-state index is 0.0177. The maximum atomic E-state index is 5.70. The summed E-state index contributed by atoms with van der Waals surface area (Å²) < 4.78 is 7.60. The number of nitrogens with one attached hydrogen (secondary N) is 1. The van der Waals surface area contributed by atoms with Crippen LogP contribution in [0.2, 0.25) is 0 Å². The van der Waals surface area contributed by atoms with Gasteiger partial charge in [0.05, 0.1) is 24.4 Å². The minimum atomic E-state index is -0.0271. The highest BCUT2D eigenvalue weighted by Gasteiger charge is 2.41. The quantitative estimate of drug-likeness (QED) is 0.624. The lowest BCUT2D eigenvalue weighted by Gasteiger charge is -2.28. The summed E-state index contributed by atoms with van der Waals surface area (Å²) in [5, 5.41) is 4.22. The third kappa shape index (κ3) is 3.78. The van der Waals surface area contributed by atoms with Gasteiger partial charge in [-0.15, -0.1) is 0 Å². The van der Waals surface area contributed by atoms with Crippen LogP contribution in [0.15, 0.2) is 60.9 Å². The average Bonchev–Trinajstić information content (AvgIpc) is 3.33. The minimum Gasteiger partial charge on any atom is -0.383 e. The standard InChI is InChI=1S/C23H26N4OS/c1-16-9-10-18(15-17(16)2)26-12-6-8-20(26)22-21(19-7-4-5-11-24-19)25-23(29)27(22)13-14-28-3/h4-12,15,21-22H,13-14H2,1-3H3,(H,25,29)/t21-,22+/m0/s1. The van der Waals surface area contributed by atoms with Crippen molar-refractivity contribution < 1.29 is 4.74 Å². The molecular weight excluding hydrogens is 380 g/mol. The zero-order chi connectivity index (χ0) is 20.4. The van der Waals surface area contributed by atoms with E-state index in [-0.39, 0.29) is 12.1 Å². The van der Waals surface area contributed by atoms with E-state index in [0.717, 1.165) is 16.5 Å². The third-order valence-electron chi connectivity index (χ3n) is 5.59. The molecule has 150 valence electrons. The first-order valence-corrected chi connectivity index (χ1v) is 10.2. The summed E-state index contributed by atoms with van der Waals surface area (Å²) in [4.78, 5) is 6.82. The molecule has 6 heteroatoms. The molecule has 0 unspecified atom stereocenters. The van der Waals surface area contributed by atoms with Crippen LogP contribution in [0, 0.1) is 13.8 Å². The van der Waals surface area contributed by atoms with Crippen LogP contribution in [0.25, 0.3) is 5.69 Å². The van der Waals surface area contributed by atoms with E-state index in [1.54, 1.807) is 7.11 Å². The molecule has 1 aliphatic heterocycles. The number of pyridine rings is 1. The van der Waals surface area contributed by atoms with Crippen LogP contribution in [0.1, 0.15) is 34.6 Å². The van der Waals surface area contributed by atoms with Crippen molar-refractivity contribution in [3.05, 3.63) is 83.4 Å². The van der Waals surface area contributed by atoms with Gasteiger partial charge in [-0.1, -0.05) is 12.1 Å². The predicted octanol–water partition coefficient (Wildman–Crippen LogP) is 4.11. The number of hydrogen-bond donors (Lipinski definition) is 1. The van der Waals surface area contributed by atoms with E-state index in [4.69, 9.17) is 17.0 Å². The van der Waals surface area contributed by atoms with Gasteiger partial charge >= 0.3 is 0 Å². The van der Waals surface area contributed by atoms with Crippen LogP contribution in [-0.4, -0.2) is 39.8 Å². The number of benzene rings is 1. The molecule has 0 radical (unpaired) electrons. The third-order valence-corrected chi connectivity index (χ3v) is 5.94. The van der Waals surface area contributed by atoms with E-state index in [2.05, 4.69) is 76.2 Å². The first-order chi connectivity index (χ1) is 14.1. The maximum absolute atomic E-state index is 5.70. The van der Waals surface area contributed by atoms with Gasteiger partial charge in [-0.3, -0.25) is 4.98 Å². The number of hydrogen-bond acceptors (Lipinski definition) is 3. The molecule has 1 saturated heterocycles. The number of ether oxygens (including phenoxy) is 1. The van der Waals surface area contributed by atoms with Crippen molar-refractivity contribution in [1.29, 1.82) is 0 Å². The van der Waals surface area contributed by atoms with Gasteiger partial charge < -0.3 is 19.5 Å². The van der Waals surface area contributed by atoms with Crippen molar-refractivity contribution in [3.8, 4) is 5.69 Å². The van der Waals surface area contributed by atoms with Crippen LogP contribution < -0.4 is 5.32 Å². The molecule has 3 aromatic rings. The van der Waals surface area contributed by atoms with Crippen molar-refractivity contribution in [2.75, 3.05) is 20.3 Å². The highest BCUT2D eigenvalue weighted by atomic mass is 32.1. The summed E-state index contributed by atoms with van der Waals surface area (Å²) in [6.45, 7) is 5.61. The SMILES string of the molecule is COCCN1C(=S)N[C@@H](c2ccccn2)[C@H]1c1cccn1-c1ccc(C)c(C)c1. The Morgan fingerprint density at radius 1 is 1.10 bits per heavy atom. The second-order valence-electron chi connectivity index (χ2n) is 7.38. The topological polar surface area (TPSA) is 42.3 Å². The molecule has 5 nitrogen and oxygen atoms in total. The lowest BCUT2D eigenvalue weighted by molar-refractivity contribution is 0.163. The number of thiocarbonyl (C=S) groups is 1. The molecule has 0 spiro atoms. The van der Waals surface area contributed by atoms with Gasteiger partial charge in [-0.25, -0.2) is 0 Å². The summed E-state index contributed by atoms with van der Waals surface area (Å²) >= 11 is 5.70. The Hall–Kier alpha value is -2.70. The zero-order valence-electron chi connectivity index (χ0n) is 17.0. The van der Waals surface area contributed by atoms with E-state index in [9.17, 15) is 0 Å². The van der Waals surface area contributed by atoms with Gasteiger partial charge in [-0.05, 0) is 73.6 Å². The summed E-state index contributed by atoms with van der Waals surface area (Å²) in [5.41, 5.74) is 5.87. The fourth-order valence-electron chi connectivity index (χ4n) is 3.90. The maximum Gasteiger partial charge on any atom is 0.170 e. The lowest BCUT2D eigenvalue weighted by atomic mass is 10.0. The Bertz CT molecular complexity index is 1000. The normalized spacial score (nSPS) is 18.9. The average molecular weight is 407 g/mol. The summed E-state index contributed by atoms with van der Waals surface area (Å²) in [7, 11) is 1.72. The molecule has 2 aromatic heterocycles. The molecule has 0 bridgehead atoms. The van der Waals surface area contributed by atoms with Crippen molar-refractivity contribution in [2.45, 2.75) is 25.9 Å². The van der Waals surface area contributed by atoms with Crippen LogP contribution in [0.3, 0.4) is 0 Å². The van der Waals surface area contributed by atoms with E-state index < -0.39 is 0 Å². The number of aryl methyl sites for hydroxylation is 2. The molecule has 1 aliphatic rings. The number of methoxy groups -OCH3 is 1. The number of rotatable bonds is 6. The molecule has 29 heavy (non-hydrogen) atoms.